The van der Waals surface area contributed by atoms with Crippen LogP contribution in [0, 0.1) is 0 Å². The molecule has 0 spiro atoms. The Kier molecular flexibility index (Phi) is 4.32. The number of aliphatic hydroxyl groups excluding tert-OH is 1. The number of benzene rings is 1. The third kappa shape index (κ3) is 3.39. The Morgan fingerprint density at radius 3 is 2.32 bits per heavy atom. The Labute approximate surface area is 114 Å². The van der Waals surface area contributed by atoms with E-state index in [1.807, 2.05) is 24.3 Å². The zero-order valence-electron chi connectivity index (χ0n) is 11.8. The molecule has 2 unspecified atom stereocenters. The number of ether oxygens (including phenoxy) is 2. The molecule has 2 atom stereocenters. The van der Waals surface area contributed by atoms with Crippen molar-refractivity contribution < 1.29 is 14.6 Å². The van der Waals surface area contributed by atoms with E-state index in [1.165, 1.54) is 0 Å². The van der Waals surface area contributed by atoms with Gasteiger partial charge in [0.25, 0.3) is 0 Å². The minimum Gasteiger partial charge on any atom is -0.497 e. The molecule has 0 radical (unpaired) electrons. The molecule has 106 valence electrons. The Morgan fingerprint density at radius 2 is 1.84 bits per heavy atom. The van der Waals surface area contributed by atoms with Gasteiger partial charge in [0.15, 0.2) is 0 Å². The lowest BCUT2D eigenvalue weighted by Crippen LogP contribution is -2.51. The second-order valence-electron chi connectivity index (χ2n) is 5.46. The molecule has 1 saturated heterocycles. The van der Waals surface area contributed by atoms with Gasteiger partial charge in [-0.1, -0.05) is 0 Å². The Morgan fingerprint density at radius 1 is 1.26 bits per heavy atom. The molecule has 1 aliphatic rings. The molecule has 2 rings (SSSR count). The fourth-order valence-electron chi connectivity index (χ4n) is 2.93. The molecule has 0 aliphatic carbocycles. The van der Waals surface area contributed by atoms with Crippen LogP contribution in [0.4, 0.5) is 5.69 Å². The first-order chi connectivity index (χ1) is 9.07. The van der Waals surface area contributed by atoms with Gasteiger partial charge in [-0.05, 0) is 51.0 Å². The van der Waals surface area contributed by atoms with Crippen molar-refractivity contribution in [2.24, 2.45) is 0 Å². The Hall–Kier alpha value is -1.26. The lowest BCUT2D eigenvalue weighted by molar-refractivity contribution is -0.0653. The van der Waals surface area contributed by atoms with Crippen molar-refractivity contribution in [1.29, 1.82) is 0 Å². The molecular weight excluding hydrogens is 242 g/mol. The molecule has 2 N–H and O–H groups in total. The summed E-state index contributed by atoms with van der Waals surface area (Å²) in [6, 6.07) is 7.78. The van der Waals surface area contributed by atoms with Gasteiger partial charge in [-0.2, -0.15) is 0 Å². The van der Waals surface area contributed by atoms with Gasteiger partial charge in [0.2, 0.25) is 0 Å². The Balaban J connectivity index is 2.12. The molecule has 0 bridgehead atoms. The molecule has 19 heavy (non-hydrogen) atoms. The summed E-state index contributed by atoms with van der Waals surface area (Å²) < 4.78 is 10.9. The lowest BCUT2D eigenvalue weighted by Gasteiger charge is -2.43. The predicted molar refractivity (Wildman–Crippen MR) is 75.7 cm³/mol. The first kappa shape index (κ1) is 14.2. The van der Waals surface area contributed by atoms with Gasteiger partial charge < -0.3 is 19.9 Å². The molecular formula is C15H23NO3. The summed E-state index contributed by atoms with van der Waals surface area (Å²) in [4.78, 5) is 0. The van der Waals surface area contributed by atoms with E-state index < -0.39 is 0 Å². The third-order valence-corrected chi connectivity index (χ3v) is 3.62. The quantitative estimate of drug-likeness (QED) is 0.878. The van der Waals surface area contributed by atoms with Gasteiger partial charge in [-0.15, -0.1) is 0 Å². The molecule has 0 saturated carbocycles. The second-order valence-corrected chi connectivity index (χ2v) is 5.46. The summed E-state index contributed by atoms with van der Waals surface area (Å²) in [6.07, 6.45) is 1.92. The van der Waals surface area contributed by atoms with E-state index in [0.717, 1.165) is 24.3 Å². The summed E-state index contributed by atoms with van der Waals surface area (Å²) in [7, 11) is 1.65. The third-order valence-electron chi connectivity index (χ3n) is 3.62. The zero-order chi connectivity index (χ0) is 13.9. The average molecular weight is 265 g/mol. The maximum atomic E-state index is 9.80. The van der Waals surface area contributed by atoms with Crippen LogP contribution < -0.4 is 10.1 Å². The highest BCUT2D eigenvalue weighted by molar-refractivity contribution is 5.48. The van der Waals surface area contributed by atoms with Gasteiger partial charge in [0, 0.05) is 5.69 Å². The molecule has 1 fully saturated rings. The molecule has 4 nitrogen and oxygen atoms in total. The standard InChI is InChI=1S/C15H23NO3/c1-11-8-15(10-17,9-12(2)19-11)16-13-4-6-14(18-3)7-5-13/h4-7,11-12,16-17H,8-10H2,1-3H3. The monoisotopic (exact) mass is 265 g/mol. The van der Waals surface area contributed by atoms with E-state index in [-0.39, 0.29) is 24.4 Å². The van der Waals surface area contributed by atoms with Gasteiger partial charge in [0.05, 0.1) is 31.5 Å². The fourth-order valence-corrected chi connectivity index (χ4v) is 2.93. The van der Waals surface area contributed by atoms with Crippen LogP contribution in [-0.4, -0.2) is 36.6 Å². The van der Waals surface area contributed by atoms with Crippen molar-refractivity contribution in [2.45, 2.75) is 44.4 Å². The van der Waals surface area contributed by atoms with Crippen LogP contribution in [0.2, 0.25) is 0 Å². The van der Waals surface area contributed by atoms with Crippen molar-refractivity contribution >= 4 is 5.69 Å². The fraction of sp³-hybridized carbons (Fsp3) is 0.600. The van der Waals surface area contributed by atoms with Crippen LogP contribution in [0.25, 0.3) is 0 Å². The summed E-state index contributed by atoms with van der Waals surface area (Å²) in [6.45, 7) is 4.21. The smallest absolute Gasteiger partial charge is 0.119 e. The number of anilines is 1. The molecule has 0 aromatic heterocycles. The second kappa shape index (κ2) is 5.80. The van der Waals surface area contributed by atoms with E-state index in [1.54, 1.807) is 7.11 Å². The van der Waals surface area contributed by atoms with Crippen molar-refractivity contribution in [3.8, 4) is 5.75 Å². The van der Waals surface area contributed by atoms with E-state index in [2.05, 4.69) is 19.2 Å². The van der Waals surface area contributed by atoms with E-state index in [4.69, 9.17) is 9.47 Å². The minimum atomic E-state index is -0.300. The first-order valence-corrected chi connectivity index (χ1v) is 6.75. The zero-order valence-corrected chi connectivity index (χ0v) is 11.8. The number of hydrogen-bond acceptors (Lipinski definition) is 4. The van der Waals surface area contributed by atoms with Crippen molar-refractivity contribution in [3.05, 3.63) is 24.3 Å². The molecule has 1 aromatic rings. The van der Waals surface area contributed by atoms with Gasteiger partial charge >= 0.3 is 0 Å². The highest BCUT2D eigenvalue weighted by atomic mass is 16.5. The normalized spacial score (nSPS) is 30.9. The summed E-state index contributed by atoms with van der Waals surface area (Å²) in [5, 5.41) is 13.3. The highest BCUT2D eigenvalue weighted by Gasteiger charge is 2.38. The average Bonchev–Trinajstić information content (AvgIpc) is 2.38. The summed E-state index contributed by atoms with van der Waals surface area (Å²) in [5.41, 5.74) is 0.697. The van der Waals surface area contributed by atoms with E-state index in [9.17, 15) is 5.11 Å². The number of hydrogen-bond donors (Lipinski definition) is 2. The number of rotatable bonds is 4. The summed E-state index contributed by atoms with van der Waals surface area (Å²) >= 11 is 0. The number of nitrogens with one attached hydrogen (secondary N) is 1. The predicted octanol–water partition coefficient (Wildman–Crippen LogP) is 2.43. The molecule has 0 amide bonds. The van der Waals surface area contributed by atoms with Crippen LogP contribution in [0.1, 0.15) is 26.7 Å². The van der Waals surface area contributed by atoms with Crippen molar-refractivity contribution in [3.63, 3.8) is 0 Å². The van der Waals surface area contributed by atoms with Gasteiger partial charge in [-0.3, -0.25) is 0 Å². The van der Waals surface area contributed by atoms with Gasteiger partial charge in [0.1, 0.15) is 5.75 Å². The topological polar surface area (TPSA) is 50.7 Å². The highest BCUT2D eigenvalue weighted by Crippen LogP contribution is 2.32. The molecule has 4 heteroatoms. The van der Waals surface area contributed by atoms with Crippen molar-refractivity contribution in [2.75, 3.05) is 19.0 Å². The molecule has 1 heterocycles. The van der Waals surface area contributed by atoms with Gasteiger partial charge in [-0.25, -0.2) is 0 Å². The van der Waals surface area contributed by atoms with Crippen LogP contribution in [0.15, 0.2) is 24.3 Å². The molecule has 1 aromatic carbocycles. The number of methoxy groups -OCH3 is 1. The first-order valence-electron chi connectivity index (χ1n) is 6.75. The largest absolute Gasteiger partial charge is 0.497 e. The lowest BCUT2D eigenvalue weighted by atomic mass is 9.84. The maximum Gasteiger partial charge on any atom is 0.119 e. The molecule has 1 aliphatic heterocycles. The maximum absolute atomic E-state index is 9.80. The summed E-state index contributed by atoms with van der Waals surface area (Å²) in [5.74, 6) is 0.831. The Bertz CT molecular complexity index is 394. The van der Waals surface area contributed by atoms with Crippen molar-refractivity contribution in [1.82, 2.24) is 0 Å². The van der Waals surface area contributed by atoms with E-state index >= 15 is 0 Å². The van der Waals surface area contributed by atoms with Crippen LogP contribution in [0.5, 0.6) is 5.75 Å². The van der Waals surface area contributed by atoms with E-state index in [0.29, 0.717) is 0 Å². The SMILES string of the molecule is COc1ccc(NC2(CO)CC(C)OC(C)C2)cc1. The minimum absolute atomic E-state index is 0.108. The van der Waals surface area contributed by atoms with Crippen LogP contribution in [0.3, 0.4) is 0 Å². The van der Waals surface area contributed by atoms with Crippen LogP contribution in [-0.2, 0) is 4.74 Å². The van der Waals surface area contributed by atoms with Crippen LogP contribution >= 0.6 is 0 Å². The number of aliphatic hydroxyl groups is 1.